The standard InChI is InChI=1S/C14H8BrN3/c15-9-5-6-11-10(7-9)14-17-12-3-1-2-4-13(12)18(14)8-16-11/h1-8H. The van der Waals surface area contributed by atoms with Crippen LogP contribution in [0.5, 0.6) is 0 Å². The number of rotatable bonds is 0. The number of benzene rings is 2. The van der Waals surface area contributed by atoms with Crippen LogP contribution in [-0.2, 0) is 0 Å². The van der Waals surface area contributed by atoms with Crippen molar-refractivity contribution in [2.75, 3.05) is 0 Å². The van der Waals surface area contributed by atoms with Crippen molar-refractivity contribution < 1.29 is 0 Å². The van der Waals surface area contributed by atoms with E-state index in [2.05, 4.69) is 38.0 Å². The van der Waals surface area contributed by atoms with E-state index in [-0.39, 0.29) is 0 Å². The summed E-state index contributed by atoms with van der Waals surface area (Å²) < 4.78 is 3.07. The van der Waals surface area contributed by atoms with E-state index < -0.39 is 0 Å². The van der Waals surface area contributed by atoms with Gasteiger partial charge in [0.25, 0.3) is 0 Å². The van der Waals surface area contributed by atoms with Crippen molar-refractivity contribution in [2.24, 2.45) is 0 Å². The summed E-state index contributed by atoms with van der Waals surface area (Å²) in [6.45, 7) is 0. The molecule has 0 aliphatic carbocycles. The number of halogens is 1. The highest BCUT2D eigenvalue weighted by Gasteiger charge is 2.08. The molecule has 4 rings (SSSR count). The molecule has 2 aromatic carbocycles. The van der Waals surface area contributed by atoms with E-state index in [9.17, 15) is 0 Å². The lowest BCUT2D eigenvalue weighted by atomic mass is 10.2. The Morgan fingerprint density at radius 2 is 1.89 bits per heavy atom. The van der Waals surface area contributed by atoms with Gasteiger partial charge in [-0.05, 0) is 30.3 Å². The fourth-order valence-corrected chi connectivity index (χ4v) is 2.63. The molecule has 0 spiro atoms. The third kappa shape index (κ3) is 1.29. The quantitative estimate of drug-likeness (QED) is 0.494. The third-order valence-electron chi connectivity index (χ3n) is 3.11. The second-order valence-corrected chi connectivity index (χ2v) is 5.12. The molecular weight excluding hydrogens is 290 g/mol. The molecule has 0 aliphatic rings. The Hall–Kier alpha value is -1.94. The molecule has 0 amide bonds. The summed E-state index contributed by atoms with van der Waals surface area (Å²) in [4.78, 5) is 9.16. The first-order chi connectivity index (χ1) is 8.83. The van der Waals surface area contributed by atoms with Crippen molar-refractivity contribution in [2.45, 2.75) is 0 Å². The summed E-state index contributed by atoms with van der Waals surface area (Å²) in [5.41, 5.74) is 3.98. The van der Waals surface area contributed by atoms with Gasteiger partial charge in [-0.3, -0.25) is 4.40 Å². The molecule has 4 heteroatoms. The van der Waals surface area contributed by atoms with Gasteiger partial charge >= 0.3 is 0 Å². The van der Waals surface area contributed by atoms with Crippen LogP contribution in [0.1, 0.15) is 0 Å². The van der Waals surface area contributed by atoms with E-state index >= 15 is 0 Å². The van der Waals surface area contributed by atoms with Crippen molar-refractivity contribution in [1.29, 1.82) is 0 Å². The maximum absolute atomic E-state index is 4.69. The summed E-state index contributed by atoms with van der Waals surface area (Å²) in [6.07, 6.45) is 1.83. The van der Waals surface area contributed by atoms with Crippen LogP contribution < -0.4 is 0 Å². The Bertz CT molecular complexity index is 895. The average molecular weight is 298 g/mol. The predicted molar refractivity (Wildman–Crippen MR) is 75.7 cm³/mol. The van der Waals surface area contributed by atoms with E-state index in [1.54, 1.807) is 0 Å². The van der Waals surface area contributed by atoms with Gasteiger partial charge < -0.3 is 0 Å². The van der Waals surface area contributed by atoms with E-state index in [0.717, 1.165) is 32.1 Å². The fourth-order valence-electron chi connectivity index (χ4n) is 2.27. The number of imidazole rings is 1. The van der Waals surface area contributed by atoms with Crippen LogP contribution in [0, 0.1) is 0 Å². The van der Waals surface area contributed by atoms with Gasteiger partial charge in [0.1, 0.15) is 12.0 Å². The molecule has 0 atom stereocenters. The molecule has 86 valence electrons. The van der Waals surface area contributed by atoms with Crippen LogP contribution in [0.15, 0.2) is 53.3 Å². The first-order valence-electron chi connectivity index (χ1n) is 5.64. The zero-order chi connectivity index (χ0) is 12.1. The second-order valence-electron chi connectivity index (χ2n) is 4.20. The van der Waals surface area contributed by atoms with E-state index in [1.807, 2.05) is 41.1 Å². The number of hydrogen-bond acceptors (Lipinski definition) is 2. The Morgan fingerprint density at radius 1 is 1.00 bits per heavy atom. The van der Waals surface area contributed by atoms with Crippen molar-refractivity contribution in [3.05, 3.63) is 53.3 Å². The van der Waals surface area contributed by atoms with Gasteiger partial charge in [-0.15, -0.1) is 0 Å². The van der Waals surface area contributed by atoms with Gasteiger partial charge in [0.05, 0.1) is 16.6 Å². The van der Waals surface area contributed by atoms with Crippen molar-refractivity contribution in [3.8, 4) is 0 Å². The first kappa shape index (κ1) is 10.0. The Morgan fingerprint density at radius 3 is 2.83 bits per heavy atom. The zero-order valence-corrected chi connectivity index (χ0v) is 10.9. The molecule has 0 unspecified atom stereocenters. The van der Waals surface area contributed by atoms with Gasteiger partial charge in [-0.25, -0.2) is 9.97 Å². The molecule has 3 nitrogen and oxygen atoms in total. The number of hydrogen-bond donors (Lipinski definition) is 0. The van der Waals surface area contributed by atoms with Crippen molar-refractivity contribution in [3.63, 3.8) is 0 Å². The van der Waals surface area contributed by atoms with Crippen LogP contribution in [0.3, 0.4) is 0 Å². The molecule has 0 fully saturated rings. The summed E-state index contributed by atoms with van der Waals surface area (Å²) in [7, 11) is 0. The number of fused-ring (bicyclic) bond motifs is 5. The summed E-state index contributed by atoms with van der Waals surface area (Å²) in [6, 6.07) is 14.1. The molecular formula is C14H8BrN3. The monoisotopic (exact) mass is 297 g/mol. The van der Waals surface area contributed by atoms with Gasteiger partial charge in [0.15, 0.2) is 0 Å². The molecule has 18 heavy (non-hydrogen) atoms. The van der Waals surface area contributed by atoms with Crippen LogP contribution in [0.2, 0.25) is 0 Å². The lowest BCUT2D eigenvalue weighted by molar-refractivity contribution is 1.15. The zero-order valence-electron chi connectivity index (χ0n) is 9.34. The molecule has 2 heterocycles. The van der Waals surface area contributed by atoms with Crippen LogP contribution in [0.25, 0.3) is 27.6 Å². The van der Waals surface area contributed by atoms with E-state index in [0.29, 0.717) is 0 Å². The molecule has 0 saturated heterocycles. The van der Waals surface area contributed by atoms with Gasteiger partial charge in [-0.2, -0.15) is 0 Å². The summed E-state index contributed by atoms with van der Waals surface area (Å²) in [5.74, 6) is 0. The fraction of sp³-hybridized carbons (Fsp3) is 0. The minimum absolute atomic E-state index is 0.947. The molecule has 4 aromatic rings. The molecule has 0 aliphatic heterocycles. The normalized spacial score (nSPS) is 11.6. The average Bonchev–Trinajstić information content (AvgIpc) is 2.78. The topological polar surface area (TPSA) is 30.2 Å². The second kappa shape index (κ2) is 3.53. The van der Waals surface area contributed by atoms with E-state index in [4.69, 9.17) is 0 Å². The maximum Gasteiger partial charge on any atom is 0.148 e. The highest BCUT2D eigenvalue weighted by Crippen LogP contribution is 2.24. The van der Waals surface area contributed by atoms with Crippen molar-refractivity contribution >= 4 is 43.5 Å². The summed E-state index contributed by atoms with van der Waals surface area (Å²) in [5, 5.41) is 1.06. The van der Waals surface area contributed by atoms with Crippen LogP contribution in [-0.4, -0.2) is 14.4 Å². The molecule has 0 radical (unpaired) electrons. The SMILES string of the molecule is Brc1ccc2ncn3c4ccccc4nc3c2c1. The minimum atomic E-state index is 0.947. The summed E-state index contributed by atoms with van der Waals surface area (Å²) >= 11 is 3.50. The third-order valence-corrected chi connectivity index (χ3v) is 3.60. The van der Waals surface area contributed by atoms with Crippen LogP contribution >= 0.6 is 15.9 Å². The maximum atomic E-state index is 4.69. The highest BCUT2D eigenvalue weighted by atomic mass is 79.9. The smallest absolute Gasteiger partial charge is 0.148 e. The molecule has 0 N–H and O–H groups in total. The van der Waals surface area contributed by atoms with Crippen LogP contribution in [0.4, 0.5) is 0 Å². The highest BCUT2D eigenvalue weighted by molar-refractivity contribution is 9.10. The van der Waals surface area contributed by atoms with Crippen molar-refractivity contribution in [1.82, 2.24) is 14.4 Å². The molecule has 0 bridgehead atoms. The minimum Gasteiger partial charge on any atom is -0.282 e. The lowest BCUT2D eigenvalue weighted by Crippen LogP contribution is -1.89. The Balaban J connectivity index is 2.31. The lowest BCUT2D eigenvalue weighted by Gasteiger charge is -2.00. The van der Waals surface area contributed by atoms with Gasteiger partial charge in [0, 0.05) is 9.86 Å². The first-order valence-corrected chi connectivity index (χ1v) is 6.43. The van der Waals surface area contributed by atoms with Gasteiger partial charge in [0.2, 0.25) is 0 Å². The molecule has 0 saturated carbocycles. The van der Waals surface area contributed by atoms with Gasteiger partial charge in [-0.1, -0.05) is 28.1 Å². The molecule has 2 aromatic heterocycles. The number of para-hydroxylation sites is 2. The predicted octanol–water partition coefficient (Wildman–Crippen LogP) is 3.80. The van der Waals surface area contributed by atoms with E-state index in [1.165, 1.54) is 0 Å². The Labute approximate surface area is 111 Å². The number of nitrogens with zero attached hydrogens (tertiary/aromatic N) is 3. The Kier molecular flexibility index (Phi) is 1.96. The largest absolute Gasteiger partial charge is 0.282 e. The number of aromatic nitrogens is 3.